The topological polar surface area (TPSA) is 66.8 Å². The predicted octanol–water partition coefficient (Wildman–Crippen LogP) is 9.26. The summed E-state index contributed by atoms with van der Waals surface area (Å²) in [4.78, 5) is 11.0. The zero-order chi connectivity index (χ0) is 28.7. The maximum Gasteiger partial charge on any atom is 0.305 e. The van der Waals surface area contributed by atoms with Crippen molar-refractivity contribution in [2.24, 2.45) is 0 Å². The molecule has 0 saturated carbocycles. The van der Waals surface area contributed by atoms with E-state index < -0.39 is 12.2 Å². The highest BCUT2D eigenvalue weighted by Crippen LogP contribution is 2.13. The third-order valence-electron chi connectivity index (χ3n) is 6.49. The second-order valence-electron chi connectivity index (χ2n) is 10.2. The van der Waals surface area contributed by atoms with Crippen molar-refractivity contribution in [3.05, 3.63) is 72.9 Å². The Kier molecular flexibility index (Phi) is 28.7. The number of methoxy groups -OCH3 is 1. The van der Waals surface area contributed by atoms with Gasteiger partial charge in [0.2, 0.25) is 0 Å². The summed E-state index contributed by atoms with van der Waals surface area (Å²) in [6.45, 7) is 2.08. The van der Waals surface area contributed by atoms with Crippen molar-refractivity contribution < 1.29 is 19.7 Å². The van der Waals surface area contributed by atoms with Crippen LogP contribution in [0.3, 0.4) is 0 Å². The van der Waals surface area contributed by atoms with Crippen LogP contribution in [0.5, 0.6) is 0 Å². The van der Waals surface area contributed by atoms with Gasteiger partial charge in [-0.3, -0.25) is 4.79 Å². The van der Waals surface area contributed by atoms with Gasteiger partial charge in [0.05, 0.1) is 19.3 Å². The maximum atomic E-state index is 11.0. The normalized spacial score (nSPS) is 14.3. The van der Waals surface area contributed by atoms with Crippen LogP contribution in [-0.2, 0) is 9.53 Å². The molecule has 0 heterocycles. The number of hydrogen-bond acceptors (Lipinski definition) is 4. The Morgan fingerprint density at radius 2 is 1.08 bits per heavy atom. The van der Waals surface area contributed by atoms with Gasteiger partial charge >= 0.3 is 5.97 Å². The van der Waals surface area contributed by atoms with Crippen LogP contribution >= 0.6 is 0 Å². The molecule has 1 unspecified atom stereocenters. The molecule has 0 aromatic carbocycles. The van der Waals surface area contributed by atoms with Gasteiger partial charge in [-0.25, -0.2) is 0 Å². The zero-order valence-corrected chi connectivity index (χ0v) is 25.0. The molecule has 2 atom stereocenters. The molecule has 222 valence electrons. The lowest BCUT2D eigenvalue weighted by Gasteiger charge is -2.03. The van der Waals surface area contributed by atoms with E-state index in [1.807, 2.05) is 36.5 Å². The van der Waals surface area contributed by atoms with Gasteiger partial charge in [-0.2, -0.15) is 0 Å². The second kappa shape index (κ2) is 30.4. The van der Waals surface area contributed by atoms with Crippen LogP contribution in [0.4, 0.5) is 0 Å². The Bertz CT molecular complexity index is 714. The van der Waals surface area contributed by atoms with Gasteiger partial charge in [0.25, 0.3) is 0 Å². The van der Waals surface area contributed by atoms with Crippen LogP contribution in [0.15, 0.2) is 72.9 Å². The Morgan fingerprint density at radius 3 is 1.59 bits per heavy atom. The fraction of sp³-hybridized carbons (Fsp3) is 0.629. The quantitative estimate of drug-likeness (QED) is 0.0495. The van der Waals surface area contributed by atoms with E-state index in [2.05, 4.69) is 36.0 Å². The van der Waals surface area contributed by atoms with Crippen molar-refractivity contribution >= 4 is 5.97 Å². The number of carbonyl (C=O) groups is 1. The van der Waals surface area contributed by atoms with Gasteiger partial charge in [0.15, 0.2) is 0 Å². The van der Waals surface area contributed by atoms with Crippen LogP contribution in [0.2, 0.25) is 0 Å². The number of unbranched alkanes of at least 4 members (excludes halogenated alkanes) is 12. The second-order valence-corrected chi connectivity index (χ2v) is 10.2. The molecule has 0 radical (unpaired) electrons. The number of allylic oxidation sites excluding steroid dienone is 8. The SMILES string of the molecule is CC/C=C\C[C@H](O)\C=C/C=C/C=C/C(O)C/C=C\C/C=C\CCCCCCCCCCCCCCC(=O)OC. The molecule has 39 heavy (non-hydrogen) atoms. The first-order valence-corrected chi connectivity index (χ1v) is 15.5. The van der Waals surface area contributed by atoms with E-state index in [4.69, 9.17) is 0 Å². The highest BCUT2D eigenvalue weighted by atomic mass is 16.5. The van der Waals surface area contributed by atoms with Gasteiger partial charge in [-0.05, 0) is 44.9 Å². The van der Waals surface area contributed by atoms with Crippen LogP contribution < -0.4 is 0 Å². The number of hydrogen-bond donors (Lipinski definition) is 2. The molecule has 4 heteroatoms. The fourth-order valence-corrected chi connectivity index (χ4v) is 4.10. The largest absolute Gasteiger partial charge is 0.469 e. The van der Waals surface area contributed by atoms with Gasteiger partial charge in [0, 0.05) is 6.42 Å². The number of aliphatic hydroxyl groups is 2. The number of carbonyl (C=O) groups excluding carboxylic acids is 1. The average Bonchev–Trinajstić information content (AvgIpc) is 2.93. The third-order valence-corrected chi connectivity index (χ3v) is 6.49. The van der Waals surface area contributed by atoms with Crippen LogP contribution in [0, 0.1) is 0 Å². The molecule has 0 aliphatic heterocycles. The molecule has 0 spiro atoms. The first kappa shape index (κ1) is 36.8. The molecule has 2 N–H and O–H groups in total. The molecule has 0 aromatic heterocycles. The number of ether oxygens (including phenoxy) is 1. The molecule has 0 fully saturated rings. The standard InChI is InChI=1S/C35H58O4/c1-3-4-23-28-33(36)30-25-21-22-26-31-34(37)29-24-19-17-15-13-11-9-7-5-6-8-10-12-14-16-18-20-27-32-35(38)39-2/h4,13,15,19,21-26,30-31,33-34,36-37H,3,5-12,14,16-18,20,27-29,32H2,1-2H3/b15-13-,22-21+,23-4-,24-19-,30-25-,31-26+/t33-,34?/m0/s1. The molecule has 0 saturated heterocycles. The zero-order valence-electron chi connectivity index (χ0n) is 25.0. The lowest BCUT2D eigenvalue weighted by Crippen LogP contribution is -1.99. The lowest BCUT2D eigenvalue weighted by molar-refractivity contribution is -0.140. The molecular weight excluding hydrogens is 484 g/mol. The fourth-order valence-electron chi connectivity index (χ4n) is 4.10. The maximum absolute atomic E-state index is 11.0. The first-order chi connectivity index (χ1) is 19.1. The summed E-state index contributed by atoms with van der Waals surface area (Å²) in [6.07, 6.45) is 42.9. The third kappa shape index (κ3) is 30.2. The molecule has 0 aliphatic carbocycles. The Labute approximate surface area is 240 Å². The van der Waals surface area contributed by atoms with Crippen LogP contribution in [0.25, 0.3) is 0 Å². The summed E-state index contributed by atoms with van der Waals surface area (Å²) in [7, 11) is 1.46. The summed E-state index contributed by atoms with van der Waals surface area (Å²) >= 11 is 0. The van der Waals surface area contributed by atoms with Gasteiger partial charge in [-0.15, -0.1) is 0 Å². The highest BCUT2D eigenvalue weighted by Gasteiger charge is 1.99. The van der Waals surface area contributed by atoms with E-state index in [9.17, 15) is 15.0 Å². The van der Waals surface area contributed by atoms with Gasteiger partial charge < -0.3 is 14.9 Å². The molecule has 0 amide bonds. The molecule has 4 nitrogen and oxygen atoms in total. The Balaban J connectivity index is 3.52. The van der Waals surface area contributed by atoms with Gasteiger partial charge in [-0.1, -0.05) is 144 Å². The Morgan fingerprint density at radius 1 is 0.615 bits per heavy atom. The minimum Gasteiger partial charge on any atom is -0.469 e. The number of rotatable bonds is 26. The number of aliphatic hydroxyl groups excluding tert-OH is 2. The summed E-state index contributed by atoms with van der Waals surface area (Å²) in [6, 6.07) is 0. The van der Waals surface area contributed by atoms with Crippen LogP contribution in [0.1, 0.15) is 122 Å². The summed E-state index contributed by atoms with van der Waals surface area (Å²) in [5.41, 5.74) is 0. The van der Waals surface area contributed by atoms with Gasteiger partial charge in [0.1, 0.15) is 0 Å². The van der Waals surface area contributed by atoms with Crippen LogP contribution in [-0.4, -0.2) is 35.5 Å². The van der Waals surface area contributed by atoms with Crippen molar-refractivity contribution in [3.63, 3.8) is 0 Å². The average molecular weight is 543 g/mol. The van der Waals surface area contributed by atoms with Crippen molar-refractivity contribution in [1.82, 2.24) is 0 Å². The molecule has 0 rings (SSSR count). The van der Waals surface area contributed by atoms with Crippen molar-refractivity contribution in [2.45, 2.75) is 135 Å². The minimum absolute atomic E-state index is 0.0843. The van der Waals surface area contributed by atoms with Crippen molar-refractivity contribution in [3.8, 4) is 0 Å². The smallest absolute Gasteiger partial charge is 0.305 e. The lowest BCUT2D eigenvalue weighted by atomic mass is 10.0. The summed E-state index contributed by atoms with van der Waals surface area (Å²) in [5, 5.41) is 19.8. The Hall–Kier alpha value is -2.17. The monoisotopic (exact) mass is 542 g/mol. The first-order valence-electron chi connectivity index (χ1n) is 15.5. The number of esters is 1. The van der Waals surface area contributed by atoms with Crippen molar-refractivity contribution in [1.29, 1.82) is 0 Å². The van der Waals surface area contributed by atoms with E-state index in [0.29, 0.717) is 19.3 Å². The van der Waals surface area contributed by atoms with E-state index >= 15 is 0 Å². The van der Waals surface area contributed by atoms with E-state index in [1.54, 1.807) is 12.2 Å². The van der Waals surface area contributed by atoms with Crippen molar-refractivity contribution in [2.75, 3.05) is 7.11 Å². The highest BCUT2D eigenvalue weighted by molar-refractivity contribution is 5.68. The molecule has 0 bridgehead atoms. The molecule has 0 aromatic rings. The van der Waals surface area contributed by atoms with E-state index in [-0.39, 0.29) is 5.97 Å². The van der Waals surface area contributed by atoms with E-state index in [0.717, 1.165) is 32.1 Å². The molecular formula is C35H58O4. The summed E-state index contributed by atoms with van der Waals surface area (Å²) in [5.74, 6) is -0.0843. The molecule has 0 aliphatic rings. The minimum atomic E-state index is -0.479. The predicted molar refractivity (Wildman–Crippen MR) is 168 cm³/mol. The van der Waals surface area contributed by atoms with E-state index in [1.165, 1.54) is 71.3 Å². The summed E-state index contributed by atoms with van der Waals surface area (Å²) < 4.78 is 4.66.